The number of rotatable bonds is 2. The molecule has 0 atom stereocenters. The van der Waals surface area contributed by atoms with E-state index in [0.29, 0.717) is 17.2 Å². The number of anilines is 2. The van der Waals surface area contributed by atoms with Gasteiger partial charge in [0.1, 0.15) is 5.82 Å². The Hall–Kier alpha value is -1.82. The Balaban J connectivity index is 2.42. The second-order valence-corrected chi connectivity index (χ2v) is 4.32. The van der Waals surface area contributed by atoms with Crippen LogP contribution in [0.15, 0.2) is 12.1 Å². The minimum Gasteiger partial charge on any atom is -0.336 e. The lowest BCUT2D eigenvalue weighted by molar-refractivity contribution is 0.496. The number of halogens is 4. The van der Waals surface area contributed by atoms with Crippen molar-refractivity contribution < 1.29 is 13.2 Å². The van der Waals surface area contributed by atoms with E-state index in [0.717, 1.165) is 6.07 Å². The van der Waals surface area contributed by atoms with Gasteiger partial charge >= 0.3 is 0 Å². The molecule has 7 heteroatoms. The van der Waals surface area contributed by atoms with Gasteiger partial charge in [0.2, 0.25) is 0 Å². The summed E-state index contributed by atoms with van der Waals surface area (Å²) in [5.41, 5.74) is 1.09. The molecular formula is C12H9ClF3N3. The molecule has 0 aliphatic heterocycles. The molecule has 0 amide bonds. The number of nitrogens with zero attached hydrogens (tertiary/aromatic N) is 2. The van der Waals surface area contributed by atoms with Gasteiger partial charge in [-0.25, -0.2) is 13.2 Å². The van der Waals surface area contributed by atoms with E-state index in [1.54, 1.807) is 13.8 Å². The zero-order chi connectivity index (χ0) is 14.2. The third-order valence-electron chi connectivity index (χ3n) is 2.73. The smallest absolute Gasteiger partial charge is 0.161 e. The normalized spacial score (nSPS) is 10.6. The lowest BCUT2D eigenvalue weighted by Crippen LogP contribution is -2.03. The minimum atomic E-state index is -1.25. The Bertz CT molecular complexity index is 647. The van der Waals surface area contributed by atoms with Crippen LogP contribution in [0.25, 0.3) is 0 Å². The molecule has 0 fully saturated rings. The topological polar surface area (TPSA) is 37.8 Å². The molecule has 0 bridgehead atoms. The fourth-order valence-electron chi connectivity index (χ4n) is 1.44. The monoisotopic (exact) mass is 287 g/mol. The number of hydrogen-bond donors (Lipinski definition) is 1. The van der Waals surface area contributed by atoms with Crippen molar-refractivity contribution >= 4 is 23.1 Å². The first-order chi connectivity index (χ1) is 8.90. The summed E-state index contributed by atoms with van der Waals surface area (Å²) in [6.45, 7) is 3.43. The highest BCUT2D eigenvalue weighted by Crippen LogP contribution is 2.26. The van der Waals surface area contributed by atoms with Gasteiger partial charge in [-0.3, -0.25) is 0 Å². The van der Waals surface area contributed by atoms with Crippen LogP contribution in [-0.2, 0) is 0 Å². The van der Waals surface area contributed by atoms with Crippen molar-refractivity contribution in [2.45, 2.75) is 13.8 Å². The fourth-order valence-corrected chi connectivity index (χ4v) is 1.62. The van der Waals surface area contributed by atoms with Crippen LogP contribution in [0, 0.1) is 31.3 Å². The van der Waals surface area contributed by atoms with E-state index < -0.39 is 17.5 Å². The highest BCUT2D eigenvalue weighted by molar-refractivity contribution is 6.30. The van der Waals surface area contributed by atoms with Crippen molar-refractivity contribution in [1.82, 2.24) is 10.2 Å². The van der Waals surface area contributed by atoms with E-state index >= 15 is 0 Å². The average Bonchev–Trinajstić information content (AvgIpc) is 2.36. The zero-order valence-corrected chi connectivity index (χ0v) is 10.8. The average molecular weight is 288 g/mol. The Labute approximate surface area is 112 Å². The molecule has 0 saturated heterocycles. The standard InChI is InChI=1S/C12H9ClF3N3/c1-5-6(2)12(19-18-11(5)13)17-10-4-8(15)7(14)3-9(10)16/h3-4H,1-2H3,(H,17,19). The van der Waals surface area contributed by atoms with Crippen LogP contribution in [0.4, 0.5) is 24.7 Å². The third-order valence-corrected chi connectivity index (χ3v) is 3.09. The molecular weight excluding hydrogens is 279 g/mol. The zero-order valence-electron chi connectivity index (χ0n) is 10.1. The molecule has 0 radical (unpaired) electrons. The number of nitrogens with one attached hydrogen (secondary N) is 1. The Morgan fingerprint density at radius 1 is 0.947 bits per heavy atom. The molecule has 1 aromatic heterocycles. The van der Waals surface area contributed by atoms with Gasteiger partial charge in [0.25, 0.3) is 0 Å². The highest BCUT2D eigenvalue weighted by Gasteiger charge is 2.13. The van der Waals surface area contributed by atoms with Gasteiger partial charge in [-0.15, -0.1) is 10.2 Å². The van der Waals surface area contributed by atoms with Gasteiger partial charge in [0.05, 0.1) is 5.69 Å². The molecule has 19 heavy (non-hydrogen) atoms. The molecule has 1 N–H and O–H groups in total. The van der Waals surface area contributed by atoms with Gasteiger partial charge in [-0.1, -0.05) is 11.6 Å². The first kappa shape index (κ1) is 13.6. The summed E-state index contributed by atoms with van der Waals surface area (Å²) in [5, 5.41) is 10.2. The second kappa shape index (κ2) is 5.05. The van der Waals surface area contributed by atoms with Crippen molar-refractivity contribution in [3.8, 4) is 0 Å². The van der Waals surface area contributed by atoms with E-state index in [1.807, 2.05) is 0 Å². The van der Waals surface area contributed by atoms with Crippen molar-refractivity contribution in [3.05, 3.63) is 45.9 Å². The van der Waals surface area contributed by atoms with Crippen LogP contribution >= 0.6 is 11.6 Å². The van der Waals surface area contributed by atoms with Crippen LogP contribution in [0.1, 0.15) is 11.1 Å². The predicted molar refractivity (Wildman–Crippen MR) is 66.1 cm³/mol. The van der Waals surface area contributed by atoms with Crippen molar-refractivity contribution in [1.29, 1.82) is 0 Å². The van der Waals surface area contributed by atoms with E-state index in [1.165, 1.54) is 0 Å². The quantitative estimate of drug-likeness (QED) is 0.851. The molecule has 0 unspecified atom stereocenters. The van der Waals surface area contributed by atoms with Gasteiger partial charge in [-0.2, -0.15) is 0 Å². The molecule has 2 rings (SSSR count). The second-order valence-electron chi connectivity index (χ2n) is 3.96. The van der Waals surface area contributed by atoms with Gasteiger partial charge in [0, 0.05) is 12.1 Å². The molecule has 1 heterocycles. The van der Waals surface area contributed by atoms with Crippen molar-refractivity contribution in [2.24, 2.45) is 0 Å². The summed E-state index contributed by atoms with van der Waals surface area (Å²) < 4.78 is 39.4. The van der Waals surface area contributed by atoms with Crippen LogP contribution in [-0.4, -0.2) is 10.2 Å². The number of aromatic nitrogens is 2. The maximum atomic E-state index is 13.5. The molecule has 1 aromatic carbocycles. The molecule has 0 spiro atoms. The molecule has 2 aromatic rings. The summed E-state index contributed by atoms with van der Waals surface area (Å²) in [6.07, 6.45) is 0. The fraction of sp³-hybridized carbons (Fsp3) is 0.167. The van der Waals surface area contributed by atoms with Crippen LogP contribution in [0.2, 0.25) is 5.15 Å². The maximum absolute atomic E-state index is 13.5. The SMILES string of the molecule is Cc1c(Cl)nnc(Nc2cc(F)c(F)cc2F)c1C. The lowest BCUT2D eigenvalue weighted by Gasteiger charge is -2.11. The number of benzene rings is 1. The Morgan fingerprint density at radius 2 is 1.58 bits per heavy atom. The van der Waals surface area contributed by atoms with Crippen LogP contribution in [0.3, 0.4) is 0 Å². The van der Waals surface area contributed by atoms with Gasteiger partial charge in [0.15, 0.2) is 22.6 Å². The lowest BCUT2D eigenvalue weighted by atomic mass is 10.2. The molecule has 0 saturated carbocycles. The first-order valence-corrected chi connectivity index (χ1v) is 5.69. The Morgan fingerprint density at radius 3 is 2.26 bits per heavy atom. The van der Waals surface area contributed by atoms with E-state index in [9.17, 15) is 13.2 Å². The van der Waals surface area contributed by atoms with E-state index in [4.69, 9.17) is 11.6 Å². The highest BCUT2D eigenvalue weighted by atomic mass is 35.5. The van der Waals surface area contributed by atoms with Crippen LogP contribution < -0.4 is 5.32 Å². The maximum Gasteiger partial charge on any atom is 0.161 e. The molecule has 3 nitrogen and oxygen atoms in total. The predicted octanol–water partition coefficient (Wildman–Crippen LogP) is 3.91. The third kappa shape index (κ3) is 2.63. The molecule has 0 aliphatic rings. The van der Waals surface area contributed by atoms with Crippen molar-refractivity contribution in [2.75, 3.05) is 5.32 Å². The van der Waals surface area contributed by atoms with Gasteiger partial charge < -0.3 is 5.32 Å². The summed E-state index contributed by atoms with van der Waals surface area (Å²) in [5.74, 6) is -3.10. The largest absolute Gasteiger partial charge is 0.336 e. The number of hydrogen-bond acceptors (Lipinski definition) is 3. The van der Waals surface area contributed by atoms with Gasteiger partial charge in [-0.05, 0) is 25.0 Å². The summed E-state index contributed by atoms with van der Waals surface area (Å²) in [4.78, 5) is 0. The Kier molecular flexibility index (Phi) is 3.61. The first-order valence-electron chi connectivity index (χ1n) is 5.31. The minimum absolute atomic E-state index is 0.224. The van der Waals surface area contributed by atoms with E-state index in [-0.39, 0.29) is 16.7 Å². The summed E-state index contributed by atoms with van der Waals surface area (Å²) in [6, 6.07) is 1.18. The van der Waals surface area contributed by atoms with E-state index in [2.05, 4.69) is 15.5 Å². The molecule has 100 valence electrons. The summed E-state index contributed by atoms with van der Waals surface area (Å²) >= 11 is 5.78. The van der Waals surface area contributed by atoms with Crippen molar-refractivity contribution in [3.63, 3.8) is 0 Å². The summed E-state index contributed by atoms with van der Waals surface area (Å²) in [7, 11) is 0. The van der Waals surface area contributed by atoms with Crippen LogP contribution in [0.5, 0.6) is 0 Å². The molecule has 0 aliphatic carbocycles.